The van der Waals surface area contributed by atoms with E-state index in [-0.39, 0.29) is 5.75 Å². The van der Waals surface area contributed by atoms with Gasteiger partial charge in [0.25, 0.3) is 0 Å². The Morgan fingerprint density at radius 1 is 1.05 bits per heavy atom. The van der Waals surface area contributed by atoms with Gasteiger partial charge < -0.3 is 10.1 Å². The fourth-order valence-corrected chi connectivity index (χ4v) is 2.28. The van der Waals surface area contributed by atoms with E-state index >= 15 is 0 Å². The number of hydrogen-bond donors (Lipinski definition) is 1. The van der Waals surface area contributed by atoms with Gasteiger partial charge >= 0.3 is 6.36 Å². The predicted octanol–water partition coefficient (Wildman–Crippen LogP) is 3.94. The van der Waals surface area contributed by atoms with Crippen molar-refractivity contribution >= 4 is 11.3 Å². The molecule has 0 unspecified atom stereocenters. The quantitative estimate of drug-likeness (QED) is 0.899. The zero-order valence-electron chi connectivity index (χ0n) is 9.91. The molecule has 0 amide bonds. The van der Waals surface area contributed by atoms with E-state index < -0.39 is 6.36 Å². The SMILES string of the molecule is FC(F)(F)Oc1ccccc1CNCc1cccs1. The molecule has 1 aromatic carbocycles. The molecule has 0 atom stereocenters. The third-order valence-electron chi connectivity index (χ3n) is 2.39. The van der Waals surface area contributed by atoms with Crippen molar-refractivity contribution in [2.45, 2.75) is 19.5 Å². The number of alkyl halides is 3. The lowest BCUT2D eigenvalue weighted by molar-refractivity contribution is -0.274. The molecule has 19 heavy (non-hydrogen) atoms. The topological polar surface area (TPSA) is 21.3 Å². The zero-order chi connectivity index (χ0) is 13.7. The summed E-state index contributed by atoms with van der Waals surface area (Å²) in [4.78, 5) is 1.13. The van der Waals surface area contributed by atoms with Crippen LogP contribution in [0.2, 0.25) is 0 Å². The number of hydrogen-bond acceptors (Lipinski definition) is 3. The minimum atomic E-state index is -4.66. The lowest BCUT2D eigenvalue weighted by Gasteiger charge is -2.13. The first-order valence-electron chi connectivity index (χ1n) is 5.61. The van der Waals surface area contributed by atoms with E-state index in [0.717, 1.165) is 4.88 Å². The first-order valence-corrected chi connectivity index (χ1v) is 6.49. The predicted molar refractivity (Wildman–Crippen MR) is 68.0 cm³/mol. The Bertz CT molecular complexity index is 511. The monoisotopic (exact) mass is 287 g/mol. The Morgan fingerprint density at radius 3 is 2.53 bits per heavy atom. The van der Waals surface area contributed by atoms with Gasteiger partial charge in [0.1, 0.15) is 5.75 Å². The van der Waals surface area contributed by atoms with Crippen LogP contribution in [0.1, 0.15) is 10.4 Å². The zero-order valence-corrected chi connectivity index (χ0v) is 10.7. The molecule has 102 valence electrons. The van der Waals surface area contributed by atoms with Gasteiger partial charge in [0.2, 0.25) is 0 Å². The molecule has 0 aliphatic heterocycles. The molecule has 0 spiro atoms. The van der Waals surface area contributed by atoms with Gasteiger partial charge in [-0.05, 0) is 17.5 Å². The molecule has 6 heteroatoms. The molecule has 2 aromatic rings. The van der Waals surface area contributed by atoms with Crippen molar-refractivity contribution in [3.8, 4) is 5.75 Å². The molecule has 0 saturated carbocycles. The maximum atomic E-state index is 12.2. The maximum absolute atomic E-state index is 12.2. The van der Waals surface area contributed by atoms with Crippen LogP contribution in [0.25, 0.3) is 0 Å². The Kier molecular flexibility index (Phi) is 4.44. The lowest BCUT2D eigenvalue weighted by Crippen LogP contribution is -2.19. The van der Waals surface area contributed by atoms with Gasteiger partial charge in [-0.15, -0.1) is 24.5 Å². The van der Waals surface area contributed by atoms with E-state index in [1.165, 1.54) is 12.1 Å². The molecule has 1 aromatic heterocycles. The van der Waals surface area contributed by atoms with Crippen molar-refractivity contribution in [2.24, 2.45) is 0 Å². The van der Waals surface area contributed by atoms with Crippen LogP contribution >= 0.6 is 11.3 Å². The standard InChI is InChI=1S/C13H12F3NOS/c14-13(15,16)18-12-6-2-1-4-10(12)8-17-9-11-5-3-7-19-11/h1-7,17H,8-9H2. The number of nitrogens with one attached hydrogen (secondary N) is 1. The highest BCUT2D eigenvalue weighted by atomic mass is 32.1. The summed E-state index contributed by atoms with van der Waals surface area (Å²) in [5, 5.41) is 5.05. The smallest absolute Gasteiger partial charge is 0.405 e. The maximum Gasteiger partial charge on any atom is 0.573 e. The van der Waals surface area contributed by atoms with Crippen molar-refractivity contribution in [1.82, 2.24) is 5.32 Å². The molecule has 0 bridgehead atoms. The van der Waals surface area contributed by atoms with Crippen molar-refractivity contribution in [3.05, 3.63) is 52.2 Å². The second kappa shape index (κ2) is 6.08. The molecule has 2 nitrogen and oxygen atoms in total. The third kappa shape index (κ3) is 4.57. The first kappa shape index (κ1) is 13.9. The summed E-state index contributed by atoms with van der Waals surface area (Å²) in [6, 6.07) is 10.0. The number of para-hydroxylation sites is 1. The number of rotatable bonds is 5. The molecule has 0 aliphatic rings. The third-order valence-corrected chi connectivity index (χ3v) is 3.27. The fourth-order valence-electron chi connectivity index (χ4n) is 1.61. The van der Waals surface area contributed by atoms with E-state index in [1.807, 2.05) is 17.5 Å². The van der Waals surface area contributed by atoms with E-state index in [4.69, 9.17) is 0 Å². The van der Waals surface area contributed by atoms with Crippen LogP contribution in [0.3, 0.4) is 0 Å². The summed E-state index contributed by atoms with van der Waals surface area (Å²) in [6.07, 6.45) is -4.66. The van der Waals surface area contributed by atoms with Gasteiger partial charge in [-0.1, -0.05) is 24.3 Å². The van der Waals surface area contributed by atoms with Gasteiger partial charge in [-0.25, -0.2) is 0 Å². The van der Waals surface area contributed by atoms with Gasteiger partial charge in [-0.2, -0.15) is 0 Å². The van der Waals surface area contributed by atoms with E-state index in [2.05, 4.69) is 10.1 Å². The molecule has 2 rings (SSSR count). The van der Waals surface area contributed by atoms with Crippen molar-refractivity contribution in [1.29, 1.82) is 0 Å². The summed E-state index contributed by atoms with van der Waals surface area (Å²) < 4.78 is 40.7. The van der Waals surface area contributed by atoms with E-state index in [1.54, 1.807) is 23.5 Å². The largest absolute Gasteiger partial charge is 0.573 e. The highest BCUT2D eigenvalue weighted by Gasteiger charge is 2.31. The van der Waals surface area contributed by atoms with Crippen molar-refractivity contribution < 1.29 is 17.9 Å². The number of halogens is 3. The van der Waals surface area contributed by atoms with E-state index in [9.17, 15) is 13.2 Å². The molecule has 0 fully saturated rings. The summed E-state index contributed by atoms with van der Waals surface area (Å²) in [5.74, 6) is -0.159. The number of thiophene rings is 1. The molecule has 1 heterocycles. The first-order chi connectivity index (χ1) is 9.04. The van der Waals surface area contributed by atoms with Gasteiger partial charge in [0.05, 0.1) is 0 Å². The molecular formula is C13H12F3NOS. The lowest BCUT2D eigenvalue weighted by atomic mass is 10.2. The van der Waals surface area contributed by atoms with Crippen LogP contribution in [-0.2, 0) is 13.1 Å². The highest BCUT2D eigenvalue weighted by molar-refractivity contribution is 7.09. The molecule has 1 N–H and O–H groups in total. The highest BCUT2D eigenvalue weighted by Crippen LogP contribution is 2.26. The summed E-state index contributed by atoms with van der Waals surface area (Å²) in [6.45, 7) is 0.947. The summed E-state index contributed by atoms with van der Waals surface area (Å²) in [5.41, 5.74) is 0.483. The molecule has 0 saturated heterocycles. The molecular weight excluding hydrogens is 275 g/mol. The Morgan fingerprint density at radius 2 is 1.84 bits per heavy atom. The Hall–Kier alpha value is -1.53. The molecule has 0 aliphatic carbocycles. The summed E-state index contributed by atoms with van der Waals surface area (Å²) >= 11 is 1.60. The van der Waals surface area contributed by atoms with Crippen LogP contribution in [0.15, 0.2) is 41.8 Å². The average molecular weight is 287 g/mol. The number of ether oxygens (including phenoxy) is 1. The molecule has 0 radical (unpaired) electrons. The summed E-state index contributed by atoms with van der Waals surface area (Å²) in [7, 11) is 0. The van der Waals surface area contributed by atoms with Gasteiger partial charge in [0.15, 0.2) is 0 Å². The van der Waals surface area contributed by atoms with Gasteiger partial charge in [-0.3, -0.25) is 0 Å². The number of benzene rings is 1. The minimum absolute atomic E-state index is 0.159. The van der Waals surface area contributed by atoms with E-state index in [0.29, 0.717) is 18.7 Å². The average Bonchev–Trinajstić information content (AvgIpc) is 2.82. The van der Waals surface area contributed by atoms with Crippen LogP contribution in [-0.4, -0.2) is 6.36 Å². The van der Waals surface area contributed by atoms with Crippen molar-refractivity contribution in [2.75, 3.05) is 0 Å². The van der Waals surface area contributed by atoms with Crippen LogP contribution < -0.4 is 10.1 Å². The second-order valence-electron chi connectivity index (χ2n) is 3.84. The second-order valence-corrected chi connectivity index (χ2v) is 4.87. The van der Waals surface area contributed by atoms with Crippen LogP contribution in [0, 0.1) is 0 Å². The Labute approximate surface area is 112 Å². The van der Waals surface area contributed by atoms with Crippen LogP contribution in [0.4, 0.5) is 13.2 Å². The van der Waals surface area contributed by atoms with Gasteiger partial charge in [0, 0.05) is 23.5 Å². The fraction of sp³-hybridized carbons (Fsp3) is 0.231. The van der Waals surface area contributed by atoms with Crippen molar-refractivity contribution in [3.63, 3.8) is 0 Å². The minimum Gasteiger partial charge on any atom is -0.405 e. The normalized spacial score (nSPS) is 11.5. The van der Waals surface area contributed by atoms with Crippen LogP contribution in [0.5, 0.6) is 5.75 Å². The Balaban J connectivity index is 1.96.